The summed E-state index contributed by atoms with van der Waals surface area (Å²) >= 11 is 0. The van der Waals surface area contributed by atoms with Crippen LogP contribution < -0.4 is 5.32 Å². The van der Waals surface area contributed by atoms with Gasteiger partial charge in [0, 0.05) is 12.0 Å². The molecule has 0 spiro atoms. The van der Waals surface area contributed by atoms with Crippen molar-refractivity contribution in [2.75, 3.05) is 0 Å². The number of rotatable bonds is 4. The van der Waals surface area contributed by atoms with Crippen LogP contribution in [-0.4, -0.2) is 34.4 Å². The third kappa shape index (κ3) is 3.32. The summed E-state index contributed by atoms with van der Waals surface area (Å²) in [5, 5.41) is 22.2. The van der Waals surface area contributed by atoms with Gasteiger partial charge >= 0.3 is 12.1 Å². The minimum Gasteiger partial charge on any atom is -0.481 e. The number of ether oxygens (including phenoxy) is 1. The van der Waals surface area contributed by atoms with Crippen molar-refractivity contribution in [2.24, 2.45) is 17.8 Å². The predicted molar refractivity (Wildman–Crippen MR) is 81.5 cm³/mol. The van der Waals surface area contributed by atoms with Gasteiger partial charge in [0.2, 0.25) is 0 Å². The van der Waals surface area contributed by atoms with E-state index in [1.165, 1.54) is 0 Å². The Bertz CT molecular complexity index is 576. The molecular weight excluding hydrogens is 298 g/mol. The Morgan fingerprint density at radius 1 is 1.22 bits per heavy atom. The highest BCUT2D eigenvalue weighted by Crippen LogP contribution is 2.45. The van der Waals surface area contributed by atoms with Gasteiger partial charge < -0.3 is 20.3 Å². The molecule has 0 heterocycles. The zero-order chi connectivity index (χ0) is 16.4. The van der Waals surface area contributed by atoms with Crippen LogP contribution in [0.5, 0.6) is 0 Å². The average Bonchev–Trinajstić information content (AvgIpc) is 2.54. The van der Waals surface area contributed by atoms with Crippen molar-refractivity contribution in [1.82, 2.24) is 5.32 Å². The van der Waals surface area contributed by atoms with Gasteiger partial charge in [-0.1, -0.05) is 30.3 Å². The molecule has 2 bridgehead atoms. The van der Waals surface area contributed by atoms with Crippen molar-refractivity contribution >= 4 is 12.1 Å². The highest BCUT2D eigenvalue weighted by Gasteiger charge is 2.52. The number of aliphatic hydroxyl groups excluding tert-OH is 1. The zero-order valence-electron chi connectivity index (χ0n) is 12.7. The molecule has 1 unspecified atom stereocenters. The van der Waals surface area contributed by atoms with Gasteiger partial charge in [-0.05, 0) is 30.7 Å². The van der Waals surface area contributed by atoms with Crippen molar-refractivity contribution in [2.45, 2.75) is 38.0 Å². The predicted octanol–water partition coefficient (Wildman–Crippen LogP) is 1.77. The van der Waals surface area contributed by atoms with E-state index in [4.69, 9.17) is 4.74 Å². The SMILES string of the molecule is O=C(N[C@H]1[C@@H]2CC[C@@H](C(O)C2)[C@@H]1C(=O)O)OCc1ccccc1. The van der Waals surface area contributed by atoms with E-state index in [0.717, 1.165) is 12.0 Å². The van der Waals surface area contributed by atoms with E-state index in [-0.39, 0.29) is 18.4 Å². The molecule has 3 aliphatic rings. The van der Waals surface area contributed by atoms with E-state index in [0.29, 0.717) is 12.8 Å². The van der Waals surface area contributed by atoms with Crippen LogP contribution >= 0.6 is 0 Å². The molecule has 0 radical (unpaired) electrons. The van der Waals surface area contributed by atoms with Crippen molar-refractivity contribution < 1.29 is 24.5 Å². The van der Waals surface area contributed by atoms with Crippen LogP contribution in [0.25, 0.3) is 0 Å². The van der Waals surface area contributed by atoms with E-state index < -0.39 is 30.1 Å². The summed E-state index contributed by atoms with van der Waals surface area (Å²) in [7, 11) is 0. The van der Waals surface area contributed by atoms with Gasteiger partial charge in [0.1, 0.15) is 6.61 Å². The summed E-state index contributed by atoms with van der Waals surface area (Å²) < 4.78 is 5.19. The number of carbonyl (C=O) groups is 2. The monoisotopic (exact) mass is 319 g/mol. The van der Waals surface area contributed by atoms with E-state index in [9.17, 15) is 19.8 Å². The number of aliphatic carboxylic acids is 1. The molecule has 6 heteroatoms. The van der Waals surface area contributed by atoms with E-state index in [1.54, 1.807) is 0 Å². The second kappa shape index (κ2) is 6.58. The average molecular weight is 319 g/mol. The number of benzene rings is 1. The molecule has 3 N–H and O–H groups in total. The molecule has 124 valence electrons. The smallest absolute Gasteiger partial charge is 0.407 e. The maximum atomic E-state index is 12.0. The molecule has 4 rings (SSSR count). The molecule has 0 aromatic heterocycles. The number of hydrogen-bond acceptors (Lipinski definition) is 4. The summed E-state index contributed by atoms with van der Waals surface area (Å²) in [6.45, 7) is 0.147. The van der Waals surface area contributed by atoms with Crippen LogP contribution in [0.2, 0.25) is 0 Å². The van der Waals surface area contributed by atoms with Gasteiger partial charge in [0.05, 0.1) is 12.0 Å². The molecule has 0 saturated heterocycles. The van der Waals surface area contributed by atoms with Crippen molar-refractivity contribution in [3.8, 4) is 0 Å². The molecule has 3 aliphatic carbocycles. The molecule has 5 atom stereocenters. The Balaban J connectivity index is 1.61. The Hall–Kier alpha value is -2.08. The van der Waals surface area contributed by atoms with Crippen LogP contribution in [0.4, 0.5) is 4.79 Å². The number of aliphatic hydroxyl groups is 1. The highest BCUT2D eigenvalue weighted by molar-refractivity contribution is 5.74. The maximum Gasteiger partial charge on any atom is 0.407 e. The van der Waals surface area contributed by atoms with Crippen LogP contribution in [0, 0.1) is 17.8 Å². The summed E-state index contributed by atoms with van der Waals surface area (Å²) in [5.74, 6) is -2.02. The third-order valence-corrected chi connectivity index (χ3v) is 5.05. The number of carboxylic acids is 1. The molecule has 6 nitrogen and oxygen atoms in total. The van der Waals surface area contributed by atoms with Crippen molar-refractivity contribution in [3.05, 3.63) is 35.9 Å². The number of fused-ring (bicyclic) bond motifs is 3. The van der Waals surface area contributed by atoms with Gasteiger partial charge in [-0.15, -0.1) is 0 Å². The van der Waals surface area contributed by atoms with Crippen molar-refractivity contribution in [1.29, 1.82) is 0 Å². The lowest BCUT2D eigenvalue weighted by Crippen LogP contribution is -2.60. The molecular formula is C17H21NO5. The minimum atomic E-state index is -0.966. The van der Waals surface area contributed by atoms with Crippen LogP contribution in [0.1, 0.15) is 24.8 Å². The topological polar surface area (TPSA) is 95.9 Å². The Kier molecular flexibility index (Phi) is 4.52. The van der Waals surface area contributed by atoms with Gasteiger partial charge in [-0.25, -0.2) is 4.79 Å². The fourth-order valence-electron chi connectivity index (χ4n) is 3.95. The summed E-state index contributed by atoms with van der Waals surface area (Å²) in [6.07, 6.45) is 0.869. The second-order valence-electron chi connectivity index (χ2n) is 6.40. The number of alkyl carbamates (subject to hydrolysis) is 1. The zero-order valence-corrected chi connectivity index (χ0v) is 12.7. The number of nitrogens with one attached hydrogen (secondary N) is 1. The second-order valence-corrected chi connectivity index (χ2v) is 6.40. The number of amides is 1. The Morgan fingerprint density at radius 3 is 2.61 bits per heavy atom. The molecule has 1 amide bonds. The molecule has 1 aromatic rings. The number of carboxylic acid groups (broad SMARTS) is 1. The fourth-order valence-corrected chi connectivity index (χ4v) is 3.95. The first-order chi connectivity index (χ1) is 11.1. The number of carbonyl (C=O) groups excluding carboxylic acids is 1. The Morgan fingerprint density at radius 2 is 1.96 bits per heavy atom. The lowest BCUT2D eigenvalue weighted by Gasteiger charge is -2.49. The first kappa shape index (κ1) is 15.8. The fraction of sp³-hybridized carbons (Fsp3) is 0.529. The van der Waals surface area contributed by atoms with Crippen LogP contribution in [-0.2, 0) is 16.1 Å². The quantitative estimate of drug-likeness (QED) is 0.786. The van der Waals surface area contributed by atoms with Gasteiger partial charge in [-0.2, -0.15) is 0 Å². The van der Waals surface area contributed by atoms with E-state index in [1.807, 2.05) is 30.3 Å². The molecule has 3 fully saturated rings. The molecule has 3 saturated carbocycles. The first-order valence-corrected chi connectivity index (χ1v) is 7.94. The molecule has 1 aromatic carbocycles. The standard InChI is InChI=1S/C17H21NO5/c19-13-8-11-6-7-12(13)14(16(20)21)15(11)18-17(22)23-9-10-4-2-1-3-5-10/h1-5,11-15,19H,6-9H2,(H,18,22)(H,20,21)/t11-,12+,13?,14+,15+/m1/s1. The van der Waals surface area contributed by atoms with Gasteiger partial charge in [-0.3, -0.25) is 4.79 Å². The maximum absolute atomic E-state index is 12.0. The third-order valence-electron chi connectivity index (χ3n) is 5.05. The number of hydrogen-bond donors (Lipinski definition) is 3. The summed E-state index contributed by atoms with van der Waals surface area (Å²) in [5.41, 5.74) is 0.873. The highest BCUT2D eigenvalue weighted by atomic mass is 16.5. The summed E-state index contributed by atoms with van der Waals surface area (Å²) in [4.78, 5) is 23.6. The van der Waals surface area contributed by atoms with Crippen LogP contribution in [0.15, 0.2) is 30.3 Å². The normalized spacial score (nSPS) is 32.3. The van der Waals surface area contributed by atoms with Gasteiger partial charge in [0.15, 0.2) is 0 Å². The molecule has 0 aliphatic heterocycles. The lowest BCUT2D eigenvalue weighted by molar-refractivity contribution is -0.155. The van der Waals surface area contributed by atoms with E-state index in [2.05, 4.69) is 5.32 Å². The van der Waals surface area contributed by atoms with Crippen molar-refractivity contribution in [3.63, 3.8) is 0 Å². The van der Waals surface area contributed by atoms with E-state index >= 15 is 0 Å². The lowest BCUT2D eigenvalue weighted by atomic mass is 9.60. The largest absolute Gasteiger partial charge is 0.481 e. The van der Waals surface area contributed by atoms with Crippen LogP contribution in [0.3, 0.4) is 0 Å². The molecule has 23 heavy (non-hydrogen) atoms. The first-order valence-electron chi connectivity index (χ1n) is 7.94. The Labute approximate surface area is 134 Å². The minimum absolute atomic E-state index is 0.0135. The summed E-state index contributed by atoms with van der Waals surface area (Å²) in [6, 6.07) is 8.83. The van der Waals surface area contributed by atoms with Gasteiger partial charge in [0.25, 0.3) is 0 Å².